The summed E-state index contributed by atoms with van der Waals surface area (Å²) < 4.78 is 45.8. The maximum Gasteiger partial charge on any atom is 0.240 e. The van der Waals surface area contributed by atoms with E-state index in [2.05, 4.69) is 15.2 Å². The Labute approximate surface area is 185 Å². The van der Waals surface area contributed by atoms with Crippen LogP contribution in [0.1, 0.15) is 35.4 Å². The number of amides is 1. The lowest BCUT2D eigenvalue weighted by atomic mass is 10.2. The van der Waals surface area contributed by atoms with E-state index >= 15 is 0 Å². The van der Waals surface area contributed by atoms with Crippen LogP contribution in [0.2, 0.25) is 0 Å². The molecule has 7 nitrogen and oxygen atoms in total. The molecule has 2 aromatic carbocycles. The van der Waals surface area contributed by atoms with Crippen LogP contribution in [0.5, 0.6) is 0 Å². The van der Waals surface area contributed by atoms with E-state index in [4.69, 9.17) is 4.52 Å². The summed E-state index contributed by atoms with van der Waals surface area (Å²) in [6, 6.07) is 11.9. The summed E-state index contributed by atoms with van der Waals surface area (Å²) in [6.07, 6.45) is 5.22. The van der Waals surface area contributed by atoms with Crippen LogP contribution in [0.3, 0.4) is 0 Å². The smallest absolute Gasteiger partial charge is 0.240 e. The van der Waals surface area contributed by atoms with Crippen molar-refractivity contribution >= 4 is 33.8 Å². The predicted octanol–water partition coefficient (Wildman–Crippen LogP) is 4.12. The largest absolute Gasteiger partial charge is 0.354 e. The molecule has 4 rings (SSSR count). The van der Waals surface area contributed by atoms with Crippen LogP contribution in [0.4, 0.5) is 10.1 Å². The Hall–Kier alpha value is -3.30. The second-order valence-corrected chi connectivity index (χ2v) is 9.39. The van der Waals surface area contributed by atoms with Crippen molar-refractivity contribution in [3.8, 4) is 0 Å². The number of aromatic nitrogens is 1. The van der Waals surface area contributed by atoms with Crippen molar-refractivity contribution in [2.45, 2.75) is 31.2 Å². The fourth-order valence-corrected chi connectivity index (χ4v) is 4.04. The third kappa shape index (κ3) is 5.30. The fourth-order valence-electron chi connectivity index (χ4n) is 3.02. The van der Waals surface area contributed by atoms with Gasteiger partial charge in [0.25, 0.3) is 0 Å². The Morgan fingerprint density at radius 1 is 1.12 bits per heavy atom. The van der Waals surface area contributed by atoms with Crippen molar-refractivity contribution in [3.63, 3.8) is 0 Å². The van der Waals surface area contributed by atoms with Crippen molar-refractivity contribution < 1.29 is 22.1 Å². The summed E-state index contributed by atoms with van der Waals surface area (Å²) in [5.74, 6) is 0.0771. The van der Waals surface area contributed by atoms with Gasteiger partial charge in [0.15, 0.2) is 5.76 Å². The molecule has 0 atom stereocenters. The van der Waals surface area contributed by atoms with Gasteiger partial charge in [-0.3, -0.25) is 4.79 Å². The maximum atomic E-state index is 13.0. The zero-order valence-electron chi connectivity index (χ0n) is 17.3. The minimum absolute atomic E-state index is 0.0337. The molecule has 1 fully saturated rings. The topological polar surface area (TPSA) is 101 Å². The predicted molar refractivity (Wildman–Crippen MR) is 118 cm³/mol. The Morgan fingerprint density at radius 3 is 2.47 bits per heavy atom. The van der Waals surface area contributed by atoms with Gasteiger partial charge in [0, 0.05) is 12.5 Å². The number of sulfonamides is 1. The molecule has 1 aliphatic carbocycles. The molecule has 0 unspecified atom stereocenters. The minimum Gasteiger partial charge on any atom is -0.354 e. The van der Waals surface area contributed by atoms with Crippen molar-refractivity contribution in [3.05, 3.63) is 76.9 Å². The number of nitrogens with one attached hydrogen (secondary N) is 2. The molecule has 1 saturated carbocycles. The molecule has 9 heteroatoms. The molecule has 1 aliphatic rings. The van der Waals surface area contributed by atoms with Crippen LogP contribution in [-0.4, -0.2) is 19.5 Å². The van der Waals surface area contributed by atoms with Crippen molar-refractivity contribution in [1.82, 2.24) is 9.88 Å². The average molecular weight is 456 g/mol. The third-order valence-corrected chi connectivity index (χ3v) is 6.50. The van der Waals surface area contributed by atoms with Crippen molar-refractivity contribution in [1.29, 1.82) is 0 Å². The molecule has 2 N–H and O–H groups in total. The van der Waals surface area contributed by atoms with E-state index in [-0.39, 0.29) is 29.1 Å². The second-order valence-electron chi connectivity index (χ2n) is 7.62. The van der Waals surface area contributed by atoms with E-state index < -0.39 is 10.0 Å². The monoisotopic (exact) mass is 455 g/mol. The number of rotatable bonds is 8. The van der Waals surface area contributed by atoms with Crippen LogP contribution in [0.25, 0.3) is 12.2 Å². The molecule has 0 saturated heterocycles. The van der Waals surface area contributed by atoms with E-state index in [1.165, 1.54) is 36.4 Å². The lowest BCUT2D eigenvalue weighted by molar-refractivity contribution is -0.117. The number of halogens is 1. The first-order valence-electron chi connectivity index (χ1n) is 10.1. The molecule has 0 spiro atoms. The van der Waals surface area contributed by atoms with Gasteiger partial charge in [-0.15, -0.1) is 0 Å². The quantitative estimate of drug-likeness (QED) is 0.532. The zero-order chi connectivity index (χ0) is 22.7. The molecule has 166 valence electrons. The van der Waals surface area contributed by atoms with Crippen LogP contribution in [-0.2, 0) is 21.4 Å². The Morgan fingerprint density at radius 2 is 1.81 bits per heavy atom. The second kappa shape index (κ2) is 9.05. The number of hydrogen-bond acceptors (Lipinski definition) is 5. The normalized spacial score (nSPS) is 14.1. The van der Waals surface area contributed by atoms with Crippen LogP contribution < -0.4 is 10.0 Å². The molecule has 1 heterocycles. The number of nitrogens with zero attached hydrogens (tertiary/aromatic N) is 1. The Bertz CT molecular complexity index is 1250. The summed E-state index contributed by atoms with van der Waals surface area (Å²) in [5, 5.41) is 6.77. The number of carbonyl (C=O) groups is 1. The van der Waals surface area contributed by atoms with Gasteiger partial charge in [-0.05, 0) is 61.2 Å². The van der Waals surface area contributed by atoms with Gasteiger partial charge in [-0.1, -0.05) is 35.5 Å². The molecule has 3 aromatic rings. The summed E-state index contributed by atoms with van der Waals surface area (Å²) >= 11 is 0. The number of hydrogen-bond donors (Lipinski definition) is 2. The first-order valence-corrected chi connectivity index (χ1v) is 11.6. The molecular formula is C23H22FN3O4S. The molecule has 1 aromatic heterocycles. The van der Waals surface area contributed by atoms with Gasteiger partial charge in [0.05, 0.1) is 4.90 Å². The molecule has 0 radical (unpaired) electrons. The molecule has 32 heavy (non-hydrogen) atoms. The Kier molecular flexibility index (Phi) is 6.20. The number of benzene rings is 2. The summed E-state index contributed by atoms with van der Waals surface area (Å²) in [7, 11) is -3.72. The first kappa shape index (κ1) is 21.9. The van der Waals surface area contributed by atoms with E-state index in [9.17, 15) is 17.6 Å². The zero-order valence-corrected chi connectivity index (χ0v) is 18.2. The lowest BCUT2D eigenvalue weighted by Crippen LogP contribution is -2.23. The number of aryl methyl sites for hydroxylation is 1. The average Bonchev–Trinajstić information content (AvgIpc) is 3.58. The molecule has 0 bridgehead atoms. The van der Waals surface area contributed by atoms with Crippen LogP contribution in [0.15, 0.2) is 57.9 Å². The number of carbonyl (C=O) groups excluding carboxylic acids is 1. The van der Waals surface area contributed by atoms with Gasteiger partial charge < -0.3 is 9.84 Å². The molecule has 1 amide bonds. The highest BCUT2D eigenvalue weighted by Gasteiger charge is 2.30. The first-order chi connectivity index (χ1) is 15.3. The highest BCUT2D eigenvalue weighted by molar-refractivity contribution is 7.89. The van der Waals surface area contributed by atoms with Crippen molar-refractivity contribution in [2.24, 2.45) is 5.92 Å². The van der Waals surface area contributed by atoms with Gasteiger partial charge in [0.1, 0.15) is 17.2 Å². The summed E-state index contributed by atoms with van der Waals surface area (Å²) in [5.41, 5.74) is 2.53. The standard InChI is InChI=1S/C23H22FN3O4S/c1-15-22(26-23(28)18-7-8-18)21(31-27-15)13-6-16-4-11-20(12-5-16)32(29,30)25-14-17-2-9-19(24)10-3-17/h2-6,9-13,18,25H,7-8,14H2,1H3,(H,26,28). The van der Waals surface area contributed by atoms with E-state index in [0.29, 0.717) is 22.7 Å². The summed E-state index contributed by atoms with van der Waals surface area (Å²) in [4.78, 5) is 12.2. The number of anilines is 1. The third-order valence-electron chi connectivity index (χ3n) is 5.08. The molecular weight excluding hydrogens is 433 g/mol. The highest BCUT2D eigenvalue weighted by atomic mass is 32.2. The SMILES string of the molecule is Cc1noc(C=Cc2ccc(S(=O)(=O)NCc3ccc(F)cc3)cc2)c1NC(=O)C1CC1. The van der Waals surface area contributed by atoms with Gasteiger partial charge in [0.2, 0.25) is 15.9 Å². The maximum absolute atomic E-state index is 13.0. The molecule has 0 aliphatic heterocycles. The van der Waals surface area contributed by atoms with Crippen molar-refractivity contribution in [2.75, 3.05) is 5.32 Å². The fraction of sp³-hybridized carbons (Fsp3) is 0.217. The van der Waals surface area contributed by atoms with Gasteiger partial charge in [-0.2, -0.15) is 0 Å². The van der Waals surface area contributed by atoms with E-state index in [0.717, 1.165) is 18.4 Å². The summed E-state index contributed by atoms with van der Waals surface area (Å²) in [6.45, 7) is 1.81. The van der Waals surface area contributed by atoms with E-state index in [1.54, 1.807) is 31.2 Å². The van der Waals surface area contributed by atoms with E-state index in [1.807, 2.05) is 0 Å². The minimum atomic E-state index is -3.72. The van der Waals surface area contributed by atoms with Crippen LogP contribution in [0, 0.1) is 18.7 Å². The Balaban J connectivity index is 1.42. The van der Waals surface area contributed by atoms with Gasteiger partial charge >= 0.3 is 0 Å². The highest BCUT2D eigenvalue weighted by Crippen LogP contribution is 2.32. The van der Waals surface area contributed by atoms with Crippen LogP contribution >= 0.6 is 0 Å². The van der Waals surface area contributed by atoms with Gasteiger partial charge in [-0.25, -0.2) is 17.5 Å². The lowest BCUT2D eigenvalue weighted by Gasteiger charge is -2.07.